The van der Waals surface area contributed by atoms with Gasteiger partial charge in [0.1, 0.15) is 6.61 Å². The van der Waals surface area contributed by atoms with E-state index in [9.17, 15) is 5.11 Å². The zero-order valence-electron chi connectivity index (χ0n) is 12.3. The highest BCUT2D eigenvalue weighted by Crippen LogP contribution is 2.28. The quantitative estimate of drug-likeness (QED) is 0.835. The van der Waals surface area contributed by atoms with Crippen molar-refractivity contribution in [3.63, 3.8) is 0 Å². The molecule has 1 N–H and O–H groups in total. The zero-order chi connectivity index (χ0) is 14.4. The third kappa shape index (κ3) is 4.10. The number of likely N-dealkylation sites (N-methyl/N-ethyl adjacent to an activating group) is 1. The summed E-state index contributed by atoms with van der Waals surface area (Å²) in [4.78, 5) is 4.74. The third-order valence-electron chi connectivity index (χ3n) is 3.67. The van der Waals surface area contributed by atoms with Gasteiger partial charge in [0.05, 0.1) is 13.7 Å². The number of nitrogens with zero attached hydrogens (tertiary/aromatic N) is 2. The average molecular weight is 280 g/mol. The van der Waals surface area contributed by atoms with E-state index in [-0.39, 0.29) is 6.61 Å². The van der Waals surface area contributed by atoms with Gasteiger partial charge >= 0.3 is 0 Å². The Kier molecular flexibility index (Phi) is 5.64. The molecule has 0 amide bonds. The Hall–Kier alpha value is -1.30. The lowest BCUT2D eigenvalue weighted by Crippen LogP contribution is -2.45. The third-order valence-corrected chi connectivity index (χ3v) is 3.67. The standard InChI is InChI=1S/C15H24N2O3/c1-16-5-7-17(8-6-16)9-10-20-15-11-13(12-18)3-4-14(15)19-2/h3-4,11,18H,5-10,12H2,1-2H3. The maximum atomic E-state index is 9.17. The highest BCUT2D eigenvalue weighted by molar-refractivity contribution is 5.42. The minimum atomic E-state index is 0.0127. The van der Waals surface area contributed by atoms with Crippen LogP contribution >= 0.6 is 0 Å². The van der Waals surface area contributed by atoms with E-state index >= 15 is 0 Å². The Morgan fingerprint density at radius 2 is 1.90 bits per heavy atom. The summed E-state index contributed by atoms with van der Waals surface area (Å²) in [6.45, 7) is 5.97. The molecule has 1 aliphatic rings. The maximum absolute atomic E-state index is 9.17. The first-order valence-corrected chi connectivity index (χ1v) is 7.04. The molecule has 1 aromatic rings. The molecule has 112 valence electrons. The number of hydrogen-bond donors (Lipinski definition) is 1. The number of piperazine rings is 1. The molecule has 0 bridgehead atoms. The number of aliphatic hydroxyl groups excluding tert-OH is 1. The molecule has 0 aromatic heterocycles. The van der Waals surface area contributed by atoms with E-state index < -0.39 is 0 Å². The van der Waals surface area contributed by atoms with Gasteiger partial charge in [0.15, 0.2) is 11.5 Å². The van der Waals surface area contributed by atoms with Crippen LogP contribution < -0.4 is 9.47 Å². The van der Waals surface area contributed by atoms with Gasteiger partial charge in [-0.25, -0.2) is 0 Å². The van der Waals surface area contributed by atoms with E-state index in [1.54, 1.807) is 7.11 Å². The summed E-state index contributed by atoms with van der Waals surface area (Å²) in [6, 6.07) is 5.51. The Balaban J connectivity index is 1.84. The van der Waals surface area contributed by atoms with Crippen LogP contribution in [0.5, 0.6) is 11.5 Å². The lowest BCUT2D eigenvalue weighted by molar-refractivity contribution is 0.132. The average Bonchev–Trinajstić information content (AvgIpc) is 2.49. The molecule has 0 unspecified atom stereocenters. The molecule has 2 rings (SSSR count). The summed E-state index contributed by atoms with van der Waals surface area (Å²) in [6.07, 6.45) is 0. The molecule has 5 nitrogen and oxygen atoms in total. The molecule has 20 heavy (non-hydrogen) atoms. The normalized spacial score (nSPS) is 17.1. The van der Waals surface area contributed by atoms with Gasteiger partial charge in [-0.05, 0) is 24.7 Å². The van der Waals surface area contributed by atoms with E-state index in [2.05, 4.69) is 16.8 Å². The summed E-state index contributed by atoms with van der Waals surface area (Å²) >= 11 is 0. The fourth-order valence-corrected chi connectivity index (χ4v) is 2.29. The molecule has 1 fully saturated rings. The van der Waals surface area contributed by atoms with Gasteiger partial charge in [0.25, 0.3) is 0 Å². The van der Waals surface area contributed by atoms with Gasteiger partial charge in [0, 0.05) is 32.7 Å². The zero-order valence-corrected chi connectivity index (χ0v) is 12.3. The molecule has 1 aromatic carbocycles. The predicted molar refractivity (Wildman–Crippen MR) is 78.3 cm³/mol. The number of aliphatic hydroxyl groups is 1. The van der Waals surface area contributed by atoms with Crippen molar-refractivity contribution < 1.29 is 14.6 Å². The second-order valence-electron chi connectivity index (χ2n) is 5.14. The van der Waals surface area contributed by atoms with E-state index in [1.807, 2.05) is 18.2 Å². The molecular weight excluding hydrogens is 256 g/mol. The molecule has 0 aliphatic carbocycles. The molecule has 0 radical (unpaired) electrons. The maximum Gasteiger partial charge on any atom is 0.161 e. The van der Waals surface area contributed by atoms with Crippen molar-refractivity contribution >= 4 is 0 Å². The first kappa shape index (κ1) is 15.1. The Labute approximate surface area is 120 Å². The van der Waals surface area contributed by atoms with Gasteiger partial charge in [-0.15, -0.1) is 0 Å². The van der Waals surface area contributed by atoms with E-state index in [1.165, 1.54) is 0 Å². The summed E-state index contributed by atoms with van der Waals surface area (Å²) in [5, 5.41) is 9.17. The van der Waals surface area contributed by atoms with Gasteiger partial charge < -0.3 is 19.5 Å². The first-order chi connectivity index (χ1) is 9.72. The van der Waals surface area contributed by atoms with Crippen LogP contribution in [0.4, 0.5) is 0 Å². The topological polar surface area (TPSA) is 45.2 Å². The number of hydrogen-bond acceptors (Lipinski definition) is 5. The first-order valence-electron chi connectivity index (χ1n) is 7.04. The number of ether oxygens (including phenoxy) is 2. The minimum Gasteiger partial charge on any atom is -0.493 e. The van der Waals surface area contributed by atoms with Crippen molar-refractivity contribution in [3.8, 4) is 11.5 Å². The van der Waals surface area contributed by atoms with Crippen molar-refractivity contribution in [1.82, 2.24) is 9.80 Å². The summed E-state index contributed by atoms with van der Waals surface area (Å²) in [5.41, 5.74) is 0.834. The van der Waals surface area contributed by atoms with E-state index in [0.29, 0.717) is 18.1 Å². The number of rotatable bonds is 6. The summed E-state index contributed by atoms with van der Waals surface area (Å²) in [7, 11) is 3.78. The van der Waals surface area contributed by atoms with Crippen LogP contribution in [0.2, 0.25) is 0 Å². The molecule has 0 spiro atoms. The molecule has 1 saturated heterocycles. The molecule has 0 atom stereocenters. The Morgan fingerprint density at radius 1 is 1.15 bits per heavy atom. The molecular formula is C15H24N2O3. The number of benzene rings is 1. The molecule has 0 saturated carbocycles. The van der Waals surface area contributed by atoms with Crippen LogP contribution in [-0.4, -0.2) is 68.4 Å². The molecule has 1 aliphatic heterocycles. The van der Waals surface area contributed by atoms with Crippen LogP contribution in [0.25, 0.3) is 0 Å². The summed E-state index contributed by atoms with van der Waals surface area (Å²) in [5.74, 6) is 1.41. The monoisotopic (exact) mass is 280 g/mol. The van der Waals surface area contributed by atoms with E-state index in [0.717, 1.165) is 38.3 Å². The fraction of sp³-hybridized carbons (Fsp3) is 0.600. The van der Waals surface area contributed by atoms with Crippen molar-refractivity contribution in [1.29, 1.82) is 0 Å². The fourth-order valence-electron chi connectivity index (χ4n) is 2.29. The van der Waals surface area contributed by atoms with Crippen LogP contribution in [0.15, 0.2) is 18.2 Å². The highest BCUT2D eigenvalue weighted by Gasteiger charge is 2.13. The van der Waals surface area contributed by atoms with Gasteiger partial charge in [-0.3, -0.25) is 4.90 Å². The van der Waals surface area contributed by atoms with Crippen molar-refractivity contribution in [2.24, 2.45) is 0 Å². The largest absolute Gasteiger partial charge is 0.493 e. The minimum absolute atomic E-state index is 0.0127. The summed E-state index contributed by atoms with van der Waals surface area (Å²) < 4.78 is 11.1. The lowest BCUT2D eigenvalue weighted by Gasteiger charge is -2.32. The van der Waals surface area contributed by atoms with Crippen LogP contribution in [0.3, 0.4) is 0 Å². The number of methoxy groups -OCH3 is 1. The smallest absolute Gasteiger partial charge is 0.161 e. The van der Waals surface area contributed by atoms with Crippen molar-refractivity contribution in [3.05, 3.63) is 23.8 Å². The van der Waals surface area contributed by atoms with Crippen molar-refractivity contribution in [2.75, 3.05) is 53.5 Å². The molecule has 5 heteroatoms. The Morgan fingerprint density at radius 3 is 2.55 bits per heavy atom. The van der Waals surface area contributed by atoms with Crippen LogP contribution in [0.1, 0.15) is 5.56 Å². The lowest BCUT2D eigenvalue weighted by atomic mass is 10.2. The predicted octanol–water partition coefficient (Wildman–Crippen LogP) is 0.814. The van der Waals surface area contributed by atoms with Gasteiger partial charge in [-0.1, -0.05) is 6.07 Å². The van der Waals surface area contributed by atoms with Gasteiger partial charge in [0.2, 0.25) is 0 Å². The van der Waals surface area contributed by atoms with Gasteiger partial charge in [-0.2, -0.15) is 0 Å². The van der Waals surface area contributed by atoms with Crippen LogP contribution in [0, 0.1) is 0 Å². The van der Waals surface area contributed by atoms with Crippen molar-refractivity contribution in [2.45, 2.75) is 6.61 Å². The second-order valence-corrected chi connectivity index (χ2v) is 5.14. The van der Waals surface area contributed by atoms with E-state index in [4.69, 9.17) is 9.47 Å². The second kappa shape index (κ2) is 7.47. The highest BCUT2D eigenvalue weighted by atomic mass is 16.5. The van der Waals surface area contributed by atoms with Crippen LogP contribution in [-0.2, 0) is 6.61 Å². The Bertz CT molecular complexity index is 418. The molecule has 1 heterocycles. The SMILES string of the molecule is COc1ccc(CO)cc1OCCN1CCN(C)CC1.